The van der Waals surface area contributed by atoms with Gasteiger partial charge < -0.3 is 15.4 Å². The predicted octanol–water partition coefficient (Wildman–Crippen LogP) is 6.33. The molecule has 0 saturated heterocycles. The lowest BCUT2D eigenvalue weighted by atomic mass is 10.1. The van der Waals surface area contributed by atoms with Crippen LogP contribution in [-0.4, -0.2) is 37.1 Å². The lowest BCUT2D eigenvalue weighted by Gasteiger charge is -2.23. The van der Waals surface area contributed by atoms with Gasteiger partial charge in [0.15, 0.2) is 0 Å². The Balaban J connectivity index is 1.80. The molecule has 10 heteroatoms. The van der Waals surface area contributed by atoms with Gasteiger partial charge in [0.2, 0.25) is 0 Å². The number of esters is 1. The number of halogens is 1. The minimum absolute atomic E-state index is 0.100. The van der Waals surface area contributed by atoms with Crippen LogP contribution in [0, 0.1) is 10.1 Å². The van der Waals surface area contributed by atoms with E-state index < -0.39 is 4.92 Å². The van der Waals surface area contributed by atoms with Crippen LogP contribution in [0.1, 0.15) is 45.4 Å². The van der Waals surface area contributed by atoms with Crippen LogP contribution >= 0.6 is 11.6 Å². The number of nitro benzene ring substituents is 1. The zero-order chi connectivity index (χ0) is 24.8. The minimum atomic E-state index is -0.516. The maximum Gasteiger partial charge on any atom is 0.305 e. The van der Waals surface area contributed by atoms with Crippen molar-refractivity contribution in [1.29, 1.82) is 0 Å². The van der Waals surface area contributed by atoms with Crippen molar-refractivity contribution in [2.24, 2.45) is 16.0 Å². The quantitative estimate of drug-likeness (QED) is 0.102. The van der Waals surface area contributed by atoms with Gasteiger partial charge in [0.05, 0.1) is 22.2 Å². The summed E-state index contributed by atoms with van der Waals surface area (Å²) >= 11 is 6.04. The number of nitro groups is 1. The molecule has 0 spiro atoms. The standard InChI is InChI=1S/C24H32ClN5O4/c1-2-29(16-17-34-24(31)8-6-4-3-5-7-15-26)20-11-9-19(10-12-20)27-28-23-14-13-21(30(32)33)18-22(23)25/h9-14,18H,2-8,15-17,26H2,1H3. The maximum absolute atomic E-state index is 11.9. The molecule has 2 N–H and O–H groups in total. The highest BCUT2D eigenvalue weighted by Gasteiger charge is 2.10. The first-order chi connectivity index (χ1) is 16.4. The average molecular weight is 490 g/mol. The third-order valence-electron chi connectivity index (χ3n) is 5.22. The largest absolute Gasteiger partial charge is 0.464 e. The summed E-state index contributed by atoms with van der Waals surface area (Å²) < 4.78 is 5.38. The monoisotopic (exact) mass is 489 g/mol. The number of ether oxygens (including phenoxy) is 1. The van der Waals surface area contributed by atoms with E-state index in [0.29, 0.717) is 30.9 Å². The number of nitrogens with zero attached hydrogens (tertiary/aromatic N) is 4. The zero-order valence-corrected chi connectivity index (χ0v) is 20.2. The summed E-state index contributed by atoms with van der Waals surface area (Å²) in [7, 11) is 0. The van der Waals surface area contributed by atoms with E-state index in [1.807, 2.05) is 31.2 Å². The van der Waals surface area contributed by atoms with Crippen LogP contribution in [0.25, 0.3) is 0 Å². The van der Waals surface area contributed by atoms with Crippen molar-refractivity contribution in [3.63, 3.8) is 0 Å². The van der Waals surface area contributed by atoms with Gasteiger partial charge in [0.1, 0.15) is 12.3 Å². The predicted molar refractivity (Wildman–Crippen MR) is 134 cm³/mol. The Morgan fingerprint density at radius 1 is 1.09 bits per heavy atom. The number of azo groups is 1. The van der Waals surface area contributed by atoms with Crippen LogP contribution in [0.2, 0.25) is 5.02 Å². The fourth-order valence-corrected chi connectivity index (χ4v) is 3.50. The van der Waals surface area contributed by atoms with Crippen molar-refractivity contribution in [2.45, 2.75) is 45.4 Å². The van der Waals surface area contributed by atoms with Gasteiger partial charge in [-0.15, -0.1) is 5.11 Å². The zero-order valence-electron chi connectivity index (χ0n) is 19.5. The first-order valence-corrected chi connectivity index (χ1v) is 11.9. The summed E-state index contributed by atoms with van der Waals surface area (Å²) in [6.45, 7) is 4.45. The number of carbonyl (C=O) groups is 1. The molecule has 0 aromatic heterocycles. The molecule has 2 aromatic carbocycles. The van der Waals surface area contributed by atoms with Crippen LogP contribution in [0.3, 0.4) is 0 Å². The van der Waals surface area contributed by atoms with E-state index in [9.17, 15) is 14.9 Å². The second-order valence-corrected chi connectivity index (χ2v) is 8.12. The van der Waals surface area contributed by atoms with E-state index in [0.717, 1.165) is 50.9 Å². The van der Waals surface area contributed by atoms with Crippen molar-refractivity contribution in [3.8, 4) is 0 Å². The Morgan fingerprint density at radius 2 is 1.79 bits per heavy atom. The minimum Gasteiger partial charge on any atom is -0.464 e. The summed E-state index contributed by atoms with van der Waals surface area (Å²) in [4.78, 5) is 24.3. The Morgan fingerprint density at radius 3 is 2.44 bits per heavy atom. The van der Waals surface area contributed by atoms with Crippen molar-refractivity contribution in [1.82, 2.24) is 0 Å². The normalized spacial score (nSPS) is 11.0. The fourth-order valence-electron chi connectivity index (χ4n) is 3.29. The summed E-state index contributed by atoms with van der Waals surface area (Å²) in [5.41, 5.74) is 7.32. The number of non-ortho nitro benzene ring substituents is 1. The molecule has 0 fully saturated rings. The summed E-state index contributed by atoms with van der Waals surface area (Å²) in [6.07, 6.45) is 5.58. The Kier molecular flexibility index (Phi) is 12.0. The van der Waals surface area contributed by atoms with Crippen LogP contribution in [0.4, 0.5) is 22.7 Å². The van der Waals surface area contributed by atoms with Crippen LogP contribution in [-0.2, 0) is 9.53 Å². The van der Waals surface area contributed by atoms with Crippen molar-refractivity contribution < 1.29 is 14.5 Å². The number of benzene rings is 2. The Hall–Kier alpha value is -3.04. The first-order valence-electron chi connectivity index (χ1n) is 11.5. The highest BCUT2D eigenvalue weighted by molar-refractivity contribution is 6.33. The number of anilines is 1. The molecule has 0 heterocycles. The van der Waals surface area contributed by atoms with Gasteiger partial charge in [-0.25, -0.2) is 0 Å². The molecule has 0 bridgehead atoms. The number of likely N-dealkylation sites (N-methyl/N-ethyl adjacent to an activating group) is 1. The number of hydrogen-bond acceptors (Lipinski definition) is 8. The van der Waals surface area contributed by atoms with Crippen LogP contribution < -0.4 is 10.6 Å². The molecular weight excluding hydrogens is 458 g/mol. The SMILES string of the molecule is CCN(CCOC(=O)CCCCCCCN)c1ccc(N=Nc2ccc([N+](=O)[O-])cc2Cl)cc1. The number of nitrogens with two attached hydrogens (primary N) is 1. The van der Waals surface area contributed by atoms with E-state index >= 15 is 0 Å². The third-order valence-corrected chi connectivity index (χ3v) is 5.52. The molecule has 0 amide bonds. The van der Waals surface area contributed by atoms with E-state index in [2.05, 4.69) is 15.1 Å². The molecule has 2 aromatic rings. The van der Waals surface area contributed by atoms with E-state index in [4.69, 9.17) is 22.1 Å². The lowest BCUT2D eigenvalue weighted by molar-refractivity contribution is -0.384. The number of carbonyl (C=O) groups excluding carboxylic acids is 1. The van der Waals surface area contributed by atoms with Gasteiger partial charge in [0.25, 0.3) is 5.69 Å². The molecule has 9 nitrogen and oxygen atoms in total. The number of hydrogen-bond donors (Lipinski definition) is 1. The third kappa shape index (κ3) is 9.44. The maximum atomic E-state index is 11.9. The molecule has 34 heavy (non-hydrogen) atoms. The van der Waals surface area contributed by atoms with Gasteiger partial charge in [0, 0.05) is 30.8 Å². The van der Waals surface area contributed by atoms with Gasteiger partial charge in [-0.3, -0.25) is 14.9 Å². The Labute approximate surface area is 205 Å². The molecule has 0 unspecified atom stereocenters. The second kappa shape index (κ2) is 15.0. The van der Waals surface area contributed by atoms with Gasteiger partial charge in [-0.1, -0.05) is 30.9 Å². The fraction of sp³-hybridized carbons (Fsp3) is 0.458. The number of unbranched alkanes of at least 4 members (excludes halogenated alkanes) is 4. The smallest absolute Gasteiger partial charge is 0.305 e. The van der Waals surface area contributed by atoms with Gasteiger partial charge in [-0.2, -0.15) is 5.11 Å². The van der Waals surface area contributed by atoms with E-state index in [-0.39, 0.29) is 16.7 Å². The number of rotatable bonds is 15. The van der Waals surface area contributed by atoms with Crippen LogP contribution in [0.5, 0.6) is 0 Å². The molecule has 0 radical (unpaired) electrons. The van der Waals surface area contributed by atoms with Gasteiger partial charge in [-0.05, 0) is 56.6 Å². The molecule has 0 aliphatic carbocycles. The molecule has 0 aliphatic rings. The van der Waals surface area contributed by atoms with E-state index in [1.54, 1.807) is 0 Å². The molecule has 2 rings (SSSR count). The molecule has 184 valence electrons. The highest BCUT2D eigenvalue weighted by atomic mass is 35.5. The molecular formula is C24H32ClN5O4. The summed E-state index contributed by atoms with van der Waals surface area (Å²) in [5.74, 6) is -0.157. The lowest BCUT2D eigenvalue weighted by Crippen LogP contribution is -2.27. The average Bonchev–Trinajstić information content (AvgIpc) is 2.83. The van der Waals surface area contributed by atoms with Crippen molar-refractivity contribution in [3.05, 3.63) is 57.6 Å². The molecule has 0 saturated carbocycles. The van der Waals surface area contributed by atoms with Crippen molar-refractivity contribution >= 4 is 40.3 Å². The molecule has 0 atom stereocenters. The van der Waals surface area contributed by atoms with E-state index in [1.165, 1.54) is 18.2 Å². The summed E-state index contributed by atoms with van der Waals surface area (Å²) in [5, 5.41) is 19.2. The first kappa shape index (κ1) is 27.2. The second-order valence-electron chi connectivity index (χ2n) is 7.72. The Bertz CT molecular complexity index is 953. The van der Waals surface area contributed by atoms with Gasteiger partial charge >= 0.3 is 5.97 Å². The topological polar surface area (TPSA) is 123 Å². The molecule has 0 aliphatic heterocycles. The van der Waals surface area contributed by atoms with Crippen LogP contribution in [0.15, 0.2) is 52.7 Å². The highest BCUT2D eigenvalue weighted by Crippen LogP contribution is 2.30. The summed E-state index contributed by atoms with van der Waals surface area (Å²) in [6, 6.07) is 11.5. The van der Waals surface area contributed by atoms with Crippen molar-refractivity contribution in [2.75, 3.05) is 31.1 Å².